The first-order chi connectivity index (χ1) is 9.58. The van der Waals surface area contributed by atoms with Crippen molar-refractivity contribution in [1.29, 1.82) is 0 Å². The summed E-state index contributed by atoms with van der Waals surface area (Å²) in [7, 11) is 4.05. The van der Waals surface area contributed by atoms with Gasteiger partial charge in [0.1, 0.15) is 11.6 Å². The Labute approximate surface area is 119 Å². The zero-order valence-corrected chi connectivity index (χ0v) is 12.6. The van der Waals surface area contributed by atoms with Crippen molar-refractivity contribution in [2.24, 2.45) is 0 Å². The Morgan fingerprint density at radius 2 is 2.15 bits per heavy atom. The Hall–Kier alpha value is -1.59. The topological polar surface area (TPSA) is 50.5 Å². The molecule has 0 amide bonds. The maximum Gasteiger partial charge on any atom is 0.127 e. The van der Waals surface area contributed by atoms with E-state index in [-0.39, 0.29) is 12.6 Å². The summed E-state index contributed by atoms with van der Waals surface area (Å²) in [5.41, 5.74) is 1.94. The van der Waals surface area contributed by atoms with Gasteiger partial charge in [0.25, 0.3) is 0 Å². The molecule has 0 spiro atoms. The lowest BCUT2D eigenvalue weighted by atomic mass is 10.3. The zero-order chi connectivity index (χ0) is 14.7. The maximum atomic E-state index is 9.29. The van der Waals surface area contributed by atoms with Crippen LogP contribution in [0.2, 0.25) is 0 Å². The van der Waals surface area contributed by atoms with Gasteiger partial charge in [-0.3, -0.25) is 4.90 Å². The molecule has 1 heterocycles. The van der Waals surface area contributed by atoms with Crippen LogP contribution in [0.25, 0.3) is 11.0 Å². The van der Waals surface area contributed by atoms with Gasteiger partial charge < -0.3 is 14.4 Å². The molecule has 0 aliphatic heterocycles. The number of benzene rings is 1. The van der Waals surface area contributed by atoms with Crippen LogP contribution in [0.4, 0.5) is 0 Å². The van der Waals surface area contributed by atoms with Gasteiger partial charge in [0.2, 0.25) is 0 Å². The highest BCUT2D eigenvalue weighted by Crippen LogP contribution is 2.26. The minimum absolute atomic E-state index is 0.103. The van der Waals surface area contributed by atoms with Crippen molar-refractivity contribution < 1.29 is 9.84 Å². The van der Waals surface area contributed by atoms with Gasteiger partial charge in [-0.05, 0) is 40.1 Å². The molecule has 0 radical (unpaired) electrons. The van der Waals surface area contributed by atoms with Gasteiger partial charge in [0.05, 0.1) is 30.3 Å². The number of aromatic nitrogens is 2. The summed E-state index contributed by atoms with van der Waals surface area (Å²) in [5, 5.41) is 9.29. The van der Waals surface area contributed by atoms with Crippen molar-refractivity contribution in [2.45, 2.75) is 26.4 Å². The Morgan fingerprint density at radius 3 is 2.75 bits per heavy atom. The Balaban J connectivity index is 2.53. The highest BCUT2D eigenvalue weighted by Gasteiger charge is 2.18. The number of aliphatic hydroxyl groups excluding tert-OH is 1. The van der Waals surface area contributed by atoms with Crippen molar-refractivity contribution in [2.75, 3.05) is 27.3 Å². The summed E-state index contributed by atoms with van der Waals surface area (Å²) in [4.78, 5) is 6.84. The first-order valence-electron chi connectivity index (χ1n) is 6.98. The number of aliphatic hydroxyl groups is 1. The monoisotopic (exact) mass is 277 g/mol. The largest absolute Gasteiger partial charge is 0.494 e. The Morgan fingerprint density at radius 1 is 1.40 bits per heavy atom. The third kappa shape index (κ3) is 2.78. The summed E-state index contributed by atoms with van der Waals surface area (Å²) in [6, 6.07) is 6.10. The van der Waals surface area contributed by atoms with Gasteiger partial charge in [-0.1, -0.05) is 0 Å². The van der Waals surface area contributed by atoms with E-state index in [1.54, 1.807) is 0 Å². The van der Waals surface area contributed by atoms with Crippen LogP contribution < -0.4 is 4.74 Å². The average molecular weight is 277 g/mol. The van der Waals surface area contributed by atoms with Gasteiger partial charge in [-0.2, -0.15) is 0 Å². The average Bonchev–Trinajstić information content (AvgIpc) is 2.77. The lowest BCUT2D eigenvalue weighted by Gasteiger charge is -2.20. The van der Waals surface area contributed by atoms with Crippen LogP contribution in [-0.4, -0.2) is 46.9 Å². The molecule has 1 aromatic carbocycles. The van der Waals surface area contributed by atoms with Gasteiger partial charge in [-0.15, -0.1) is 0 Å². The second kappa shape index (κ2) is 6.24. The van der Waals surface area contributed by atoms with Gasteiger partial charge in [-0.25, -0.2) is 4.98 Å². The molecule has 5 nitrogen and oxygen atoms in total. The van der Waals surface area contributed by atoms with Crippen LogP contribution in [0.1, 0.15) is 25.7 Å². The van der Waals surface area contributed by atoms with Crippen LogP contribution in [0, 0.1) is 0 Å². The zero-order valence-electron chi connectivity index (χ0n) is 12.6. The highest BCUT2D eigenvalue weighted by molar-refractivity contribution is 5.78. The lowest BCUT2D eigenvalue weighted by Crippen LogP contribution is -2.21. The fourth-order valence-corrected chi connectivity index (χ4v) is 2.27. The SMILES string of the molecule is CCOc1ccc2c(c1)nc(C(C)N(C)C)n2CCO. The number of hydrogen-bond donors (Lipinski definition) is 1. The van der Waals surface area contributed by atoms with E-state index in [2.05, 4.69) is 16.4 Å². The van der Waals surface area contributed by atoms with E-state index >= 15 is 0 Å². The molecule has 1 aromatic heterocycles. The predicted octanol–water partition coefficient (Wildman–Crippen LogP) is 2.05. The van der Waals surface area contributed by atoms with E-state index in [4.69, 9.17) is 9.72 Å². The number of fused-ring (bicyclic) bond motifs is 1. The highest BCUT2D eigenvalue weighted by atomic mass is 16.5. The Bertz CT molecular complexity index is 578. The van der Waals surface area contributed by atoms with Crippen molar-refractivity contribution in [3.05, 3.63) is 24.0 Å². The third-order valence-corrected chi connectivity index (χ3v) is 3.53. The van der Waals surface area contributed by atoms with E-state index in [1.807, 2.05) is 39.2 Å². The fraction of sp³-hybridized carbons (Fsp3) is 0.533. The minimum atomic E-state index is 0.103. The lowest BCUT2D eigenvalue weighted by molar-refractivity contribution is 0.262. The standard InChI is InChI=1S/C15H23N3O2/c1-5-20-12-6-7-14-13(10-12)16-15(11(2)17(3)4)18(14)8-9-19/h6-7,10-11,19H,5,8-9H2,1-4H3. The smallest absolute Gasteiger partial charge is 0.127 e. The molecule has 0 fully saturated rings. The van der Waals surface area contributed by atoms with E-state index in [9.17, 15) is 5.11 Å². The number of ether oxygens (including phenoxy) is 1. The summed E-state index contributed by atoms with van der Waals surface area (Å²) in [5.74, 6) is 1.80. The molecule has 2 aromatic rings. The number of nitrogens with zero attached hydrogens (tertiary/aromatic N) is 3. The van der Waals surface area contributed by atoms with Crippen molar-refractivity contribution in [3.63, 3.8) is 0 Å². The minimum Gasteiger partial charge on any atom is -0.494 e. The molecule has 2 rings (SSSR count). The predicted molar refractivity (Wildman–Crippen MR) is 80.1 cm³/mol. The van der Waals surface area contributed by atoms with E-state index in [0.29, 0.717) is 13.2 Å². The van der Waals surface area contributed by atoms with Crippen LogP contribution in [0.3, 0.4) is 0 Å². The molecule has 1 unspecified atom stereocenters. The molecule has 110 valence electrons. The van der Waals surface area contributed by atoms with Crippen molar-refractivity contribution >= 4 is 11.0 Å². The third-order valence-electron chi connectivity index (χ3n) is 3.53. The Kier molecular flexibility index (Phi) is 4.62. The second-order valence-corrected chi connectivity index (χ2v) is 5.07. The fourth-order valence-electron chi connectivity index (χ4n) is 2.27. The van der Waals surface area contributed by atoms with E-state index in [1.165, 1.54) is 0 Å². The van der Waals surface area contributed by atoms with E-state index in [0.717, 1.165) is 22.6 Å². The number of hydrogen-bond acceptors (Lipinski definition) is 4. The first kappa shape index (κ1) is 14.8. The molecule has 20 heavy (non-hydrogen) atoms. The van der Waals surface area contributed by atoms with Gasteiger partial charge in [0.15, 0.2) is 0 Å². The normalized spacial score (nSPS) is 13.1. The molecular weight excluding hydrogens is 254 g/mol. The van der Waals surface area contributed by atoms with E-state index < -0.39 is 0 Å². The van der Waals surface area contributed by atoms with Gasteiger partial charge >= 0.3 is 0 Å². The summed E-state index contributed by atoms with van der Waals surface area (Å²) < 4.78 is 7.60. The summed E-state index contributed by atoms with van der Waals surface area (Å²) in [6.07, 6.45) is 0. The molecule has 0 saturated heterocycles. The molecule has 0 bridgehead atoms. The first-order valence-corrected chi connectivity index (χ1v) is 6.98. The second-order valence-electron chi connectivity index (χ2n) is 5.07. The molecule has 0 aliphatic rings. The molecule has 0 saturated carbocycles. The molecular formula is C15H23N3O2. The van der Waals surface area contributed by atoms with Crippen LogP contribution in [-0.2, 0) is 6.54 Å². The number of imidazole rings is 1. The van der Waals surface area contributed by atoms with Gasteiger partial charge in [0, 0.05) is 12.6 Å². The summed E-state index contributed by atoms with van der Waals surface area (Å²) >= 11 is 0. The van der Waals surface area contributed by atoms with Crippen LogP contribution >= 0.6 is 0 Å². The van der Waals surface area contributed by atoms with Crippen LogP contribution in [0.15, 0.2) is 18.2 Å². The van der Waals surface area contributed by atoms with Crippen molar-refractivity contribution in [3.8, 4) is 5.75 Å². The molecule has 1 N–H and O–H groups in total. The molecule has 5 heteroatoms. The van der Waals surface area contributed by atoms with Crippen LogP contribution in [0.5, 0.6) is 5.75 Å². The maximum absolute atomic E-state index is 9.29. The van der Waals surface area contributed by atoms with Crippen molar-refractivity contribution in [1.82, 2.24) is 14.5 Å². The quantitative estimate of drug-likeness (QED) is 0.878. The molecule has 1 atom stereocenters. The molecule has 0 aliphatic carbocycles. The summed E-state index contributed by atoms with van der Waals surface area (Å²) in [6.45, 7) is 5.38. The number of rotatable bonds is 6.